The van der Waals surface area contributed by atoms with E-state index in [-0.39, 0.29) is 29.4 Å². The summed E-state index contributed by atoms with van der Waals surface area (Å²) in [7, 11) is 2.99. The Kier molecular flexibility index (Phi) is 6.65. The van der Waals surface area contributed by atoms with Crippen molar-refractivity contribution in [3.8, 4) is 11.5 Å². The standard InChI is InChI=1S/C24H27NO6/c1-14-6-7-15(2)17(12-14)22(27)20-21(16-8-9-18(26)19(13-16)31-4)25(10-5-11-30-3)24(29)23(20)28/h6-9,12-13,21,26-27H,5,10-11H2,1-4H3/t21-/m0/s1. The number of Topliss-reactive ketones (excluding diaryl/α,β-unsaturated/α-hetero) is 1. The van der Waals surface area contributed by atoms with Crippen LogP contribution in [0.2, 0.25) is 0 Å². The summed E-state index contributed by atoms with van der Waals surface area (Å²) < 4.78 is 10.3. The van der Waals surface area contributed by atoms with E-state index in [2.05, 4.69) is 0 Å². The summed E-state index contributed by atoms with van der Waals surface area (Å²) in [5.41, 5.74) is 2.78. The number of ketones is 1. The smallest absolute Gasteiger partial charge is 0.295 e. The topological polar surface area (TPSA) is 96.3 Å². The van der Waals surface area contributed by atoms with Gasteiger partial charge in [0.1, 0.15) is 5.76 Å². The molecule has 0 bridgehead atoms. The molecule has 7 nitrogen and oxygen atoms in total. The van der Waals surface area contributed by atoms with E-state index >= 15 is 0 Å². The zero-order valence-electron chi connectivity index (χ0n) is 18.1. The quantitative estimate of drug-likeness (QED) is 0.305. The molecule has 1 amide bonds. The van der Waals surface area contributed by atoms with E-state index in [9.17, 15) is 19.8 Å². The Morgan fingerprint density at radius 1 is 1.10 bits per heavy atom. The van der Waals surface area contributed by atoms with Crippen molar-refractivity contribution in [3.05, 3.63) is 64.2 Å². The lowest BCUT2D eigenvalue weighted by atomic mass is 9.93. The maximum Gasteiger partial charge on any atom is 0.295 e. The van der Waals surface area contributed by atoms with Gasteiger partial charge in [-0.3, -0.25) is 9.59 Å². The first-order chi connectivity index (χ1) is 14.8. The van der Waals surface area contributed by atoms with Crippen LogP contribution in [-0.2, 0) is 14.3 Å². The Morgan fingerprint density at radius 2 is 1.84 bits per heavy atom. The number of hydrogen-bond acceptors (Lipinski definition) is 6. The summed E-state index contributed by atoms with van der Waals surface area (Å²) in [6.45, 7) is 4.42. The first-order valence-electron chi connectivity index (χ1n) is 10.0. The van der Waals surface area contributed by atoms with Gasteiger partial charge < -0.3 is 24.6 Å². The van der Waals surface area contributed by atoms with Gasteiger partial charge in [0, 0.05) is 25.8 Å². The van der Waals surface area contributed by atoms with Gasteiger partial charge in [0.25, 0.3) is 11.7 Å². The summed E-state index contributed by atoms with van der Waals surface area (Å²) >= 11 is 0. The second-order valence-corrected chi connectivity index (χ2v) is 7.59. The van der Waals surface area contributed by atoms with Gasteiger partial charge in [0.05, 0.1) is 18.7 Å². The largest absolute Gasteiger partial charge is 0.507 e. The fraction of sp³-hybridized carbons (Fsp3) is 0.333. The van der Waals surface area contributed by atoms with Crippen molar-refractivity contribution in [3.63, 3.8) is 0 Å². The molecule has 0 radical (unpaired) electrons. The lowest BCUT2D eigenvalue weighted by molar-refractivity contribution is -0.140. The normalized spacial score (nSPS) is 17.9. The number of phenolic OH excluding ortho intramolecular Hbond substituents is 1. The van der Waals surface area contributed by atoms with E-state index in [0.717, 1.165) is 11.1 Å². The lowest BCUT2D eigenvalue weighted by Crippen LogP contribution is -2.31. The molecule has 2 aromatic rings. The number of aromatic hydroxyl groups is 1. The van der Waals surface area contributed by atoms with Crippen molar-refractivity contribution in [2.75, 3.05) is 27.4 Å². The number of hydrogen-bond donors (Lipinski definition) is 2. The minimum atomic E-state index is -0.814. The van der Waals surface area contributed by atoms with Crippen molar-refractivity contribution < 1.29 is 29.3 Å². The maximum absolute atomic E-state index is 13.0. The van der Waals surface area contributed by atoms with Crippen LogP contribution < -0.4 is 4.74 Å². The highest BCUT2D eigenvalue weighted by Crippen LogP contribution is 2.42. The van der Waals surface area contributed by atoms with E-state index in [0.29, 0.717) is 24.2 Å². The number of aryl methyl sites for hydroxylation is 2. The molecular formula is C24H27NO6. The van der Waals surface area contributed by atoms with E-state index < -0.39 is 17.7 Å². The van der Waals surface area contributed by atoms with Crippen LogP contribution in [0.15, 0.2) is 42.0 Å². The first kappa shape index (κ1) is 22.4. The highest BCUT2D eigenvalue weighted by Gasteiger charge is 2.46. The minimum Gasteiger partial charge on any atom is -0.507 e. The predicted molar refractivity (Wildman–Crippen MR) is 116 cm³/mol. The summed E-state index contributed by atoms with van der Waals surface area (Å²) in [6, 6.07) is 9.39. The second-order valence-electron chi connectivity index (χ2n) is 7.59. The van der Waals surface area contributed by atoms with Crippen molar-refractivity contribution in [1.29, 1.82) is 0 Å². The number of aliphatic hydroxyl groups excluding tert-OH is 1. The van der Waals surface area contributed by atoms with Gasteiger partial charge in [0.15, 0.2) is 11.5 Å². The number of amides is 1. The molecule has 0 aromatic heterocycles. The number of benzene rings is 2. The number of carbonyl (C=O) groups excluding carboxylic acids is 2. The molecular weight excluding hydrogens is 398 g/mol. The van der Waals surface area contributed by atoms with Gasteiger partial charge >= 0.3 is 0 Å². The molecule has 1 saturated heterocycles. The molecule has 0 unspecified atom stereocenters. The third-order valence-corrected chi connectivity index (χ3v) is 5.46. The van der Waals surface area contributed by atoms with Gasteiger partial charge in [-0.2, -0.15) is 0 Å². The van der Waals surface area contributed by atoms with Crippen LogP contribution in [0.25, 0.3) is 5.76 Å². The molecule has 7 heteroatoms. The Labute approximate surface area is 181 Å². The number of aliphatic hydroxyl groups is 1. The number of ether oxygens (including phenoxy) is 2. The molecule has 0 saturated carbocycles. The first-order valence-corrected chi connectivity index (χ1v) is 10.0. The molecule has 1 aliphatic rings. The van der Waals surface area contributed by atoms with Crippen LogP contribution in [0.5, 0.6) is 11.5 Å². The van der Waals surface area contributed by atoms with E-state index in [1.54, 1.807) is 25.3 Å². The van der Waals surface area contributed by atoms with Crippen LogP contribution in [0, 0.1) is 13.8 Å². The Hall–Kier alpha value is -3.32. The number of rotatable bonds is 7. The van der Waals surface area contributed by atoms with Gasteiger partial charge in [0.2, 0.25) is 0 Å². The zero-order chi connectivity index (χ0) is 22.7. The summed E-state index contributed by atoms with van der Waals surface area (Å²) in [6.07, 6.45) is 0.527. The van der Waals surface area contributed by atoms with Crippen LogP contribution in [0.3, 0.4) is 0 Å². The average Bonchev–Trinajstić information content (AvgIpc) is 3.00. The molecule has 164 valence electrons. The van der Waals surface area contributed by atoms with Crippen molar-refractivity contribution >= 4 is 17.4 Å². The minimum absolute atomic E-state index is 0.0175. The SMILES string of the molecule is COCCCN1C(=O)C(=O)C(=C(O)c2cc(C)ccc2C)[C@@H]1c1ccc(O)c(OC)c1. The molecule has 1 aliphatic heterocycles. The molecule has 1 heterocycles. The van der Waals surface area contributed by atoms with Crippen molar-refractivity contribution in [2.45, 2.75) is 26.3 Å². The highest BCUT2D eigenvalue weighted by atomic mass is 16.5. The molecule has 1 atom stereocenters. The third-order valence-electron chi connectivity index (χ3n) is 5.46. The summed E-state index contributed by atoms with van der Waals surface area (Å²) in [5.74, 6) is -1.48. The van der Waals surface area contributed by atoms with Crippen LogP contribution >= 0.6 is 0 Å². The third kappa shape index (κ3) is 4.27. The van der Waals surface area contributed by atoms with Crippen molar-refractivity contribution in [1.82, 2.24) is 4.90 Å². The van der Waals surface area contributed by atoms with Gasteiger partial charge in [-0.25, -0.2) is 0 Å². The number of methoxy groups -OCH3 is 2. The molecule has 1 fully saturated rings. The monoisotopic (exact) mass is 425 g/mol. The second kappa shape index (κ2) is 9.22. The van der Waals surface area contributed by atoms with Gasteiger partial charge in [-0.05, 0) is 49.6 Å². The number of carbonyl (C=O) groups is 2. The fourth-order valence-corrected chi connectivity index (χ4v) is 3.84. The zero-order valence-corrected chi connectivity index (χ0v) is 18.1. The molecule has 2 aromatic carbocycles. The van der Waals surface area contributed by atoms with Crippen LogP contribution in [0.1, 0.15) is 34.7 Å². The number of likely N-dealkylation sites (tertiary alicyclic amines) is 1. The Morgan fingerprint density at radius 3 is 2.52 bits per heavy atom. The predicted octanol–water partition coefficient (Wildman–Crippen LogP) is 3.48. The van der Waals surface area contributed by atoms with E-state index in [4.69, 9.17) is 9.47 Å². The van der Waals surface area contributed by atoms with Crippen LogP contribution in [0.4, 0.5) is 0 Å². The molecule has 0 aliphatic carbocycles. The van der Waals surface area contributed by atoms with E-state index in [1.807, 2.05) is 26.0 Å². The van der Waals surface area contributed by atoms with Gasteiger partial charge in [-0.1, -0.05) is 23.8 Å². The number of phenols is 1. The highest BCUT2D eigenvalue weighted by molar-refractivity contribution is 6.46. The average molecular weight is 425 g/mol. The molecule has 31 heavy (non-hydrogen) atoms. The lowest BCUT2D eigenvalue weighted by Gasteiger charge is -2.26. The van der Waals surface area contributed by atoms with Gasteiger partial charge in [-0.15, -0.1) is 0 Å². The maximum atomic E-state index is 13.0. The van der Waals surface area contributed by atoms with E-state index in [1.165, 1.54) is 18.1 Å². The Balaban J connectivity index is 2.20. The van der Waals surface area contributed by atoms with Crippen molar-refractivity contribution in [2.24, 2.45) is 0 Å². The molecule has 3 rings (SSSR count). The molecule has 0 spiro atoms. The fourth-order valence-electron chi connectivity index (χ4n) is 3.84. The number of nitrogens with zero attached hydrogens (tertiary/aromatic N) is 1. The van der Waals surface area contributed by atoms with Crippen LogP contribution in [-0.4, -0.2) is 54.2 Å². The summed E-state index contributed by atoms with van der Waals surface area (Å²) in [4.78, 5) is 27.4. The Bertz CT molecular complexity index is 1040. The summed E-state index contributed by atoms with van der Waals surface area (Å²) in [5, 5.41) is 21.2. The molecule has 2 N–H and O–H groups in total.